The number of aromatic nitrogens is 1. The minimum absolute atomic E-state index is 0.0723. The van der Waals surface area contributed by atoms with Gasteiger partial charge in [-0.1, -0.05) is 19.9 Å². The maximum atomic E-state index is 11.8. The Bertz CT molecular complexity index is 644. The van der Waals surface area contributed by atoms with Crippen molar-refractivity contribution in [2.45, 2.75) is 20.4 Å². The molecule has 0 fully saturated rings. The van der Waals surface area contributed by atoms with Gasteiger partial charge in [-0.15, -0.1) is 0 Å². The summed E-state index contributed by atoms with van der Waals surface area (Å²) in [6, 6.07) is 6.80. The van der Waals surface area contributed by atoms with Crippen molar-refractivity contribution in [3.05, 3.63) is 36.0 Å². The zero-order chi connectivity index (χ0) is 14.7. The van der Waals surface area contributed by atoms with Gasteiger partial charge in [0.2, 0.25) is 5.91 Å². The van der Waals surface area contributed by atoms with E-state index in [4.69, 9.17) is 5.11 Å². The topological polar surface area (TPSA) is 71.3 Å². The second kappa shape index (κ2) is 5.77. The van der Waals surface area contributed by atoms with E-state index in [0.717, 1.165) is 5.52 Å². The zero-order valence-corrected chi connectivity index (χ0v) is 11.6. The van der Waals surface area contributed by atoms with Crippen molar-refractivity contribution in [3.63, 3.8) is 0 Å². The number of fused-ring (bicyclic) bond motifs is 1. The Kier molecular flexibility index (Phi) is 4.08. The predicted octanol–water partition coefficient (Wildman–Crippen LogP) is 2.11. The summed E-state index contributed by atoms with van der Waals surface area (Å²) in [5.41, 5.74) is 1.01. The highest BCUT2D eigenvalue weighted by Crippen LogP contribution is 2.20. The van der Waals surface area contributed by atoms with Gasteiger partial charge in [-0.05, 0) is 24.1 Å². The molecule has 0 aliphatic carbocycles. The lowest BCUT2D eigenvalue weighted by atomic mass is 10.1. The molecule has 5 heteroatoms. The van der Waals surface area contributed by atoms with Crippen LogP contribution >= 0.6 is 0 Å². The van der Waals surface area contributed by atoms with Crippen LogP contribution in [0.2, 0.25) is 0 Å². The van der Waals surface area contributed by atoms with Gasteiger partial charge >= 0.3 is 5.97 Å². The maximum Gasteiger partial charge on any atom is 0.336 e. The molecule has 1 amide bonds. The summed E-state index contributed by atoms with van der Waals surface area (Å²) in [7, 11) is 0. The molecule has 0 unspecified atom stereocenters. The first-order valence-corrected chi connectivity index (χ1v) is 6.57. The molecule has 1 heterocycles. The third-order valence-electron chi connectivity index (χ3n) is 3.07. The molecule has 0 aliphatic heterocycles. The fourth-order valence-electron chi connectivity index (χ4n) is 2.08. The lowest BCUT2D eigenvalue weighted by Gasteiger charge is -2.09. The largest absolute Gasteiger partial charge is 0.478 e. The van der Waals surface area contributed by atoms with Crippen LogP contribution in [0.5, 0.6) is 0 Å². The summed E-state index contributed by atoms with van der Waals surface area (Å²) in [6.45, 7) is 4.90. The van der Waals surface area contributed by atoms with Crippen molar-refractivity contribution in [1.82, 2.24) is 9.88 Å². The summed E-state index contributed by atoms with van der Waals surface area (Å²) in [6.07, 6.45) is 1.74. The van der Waals surface area contributed by atoms with E-state index in [1.807, 2.05) is 19.9 Å². The number of hydrogen-bond donors (Lipinski definition) is 2. The van der Waals surface area contributed by atoms with E-state index in [2.05, 4.69) is 5.32 Å². The molecule has 0 radical (unpaired) electrons. The van der Waals surface area contributed by atoms with Crippen LogP contribution in [0.15, 0.2) is 30.5 Å². The number of carboxylic acid groups (broad SMARTS) is 1. The van der Waals surface area contributed by atoms with Crippen molar-refractivity contribution in [2.75, 3.05) is 6.54 Å². The summed E-state index contributed by atoms with van der Waals surface area (Å²) in [4.78, 5) is 23.0. The van der Waals surface area contributed by atoms with Crippen LogP contribution in [0.4, 0.5) is 0 Å². The molecule has 2 N–H and O–H groups in total. The summed E-state index contributed by atoms with van der Waals surface area (Å²) in [5, 5.41) is 12.6. The van der Waals surface area contributed by atoms with Crippen molar-refractivity contribution >= 4 is 22.8 Å². The number of amides is 1. The SMILES string of the molecule is CC(C)CNC(=O)Cn1ccc2c(C(=O)O)cccc21. The fraction of sp³-hybridized carbons (Fsp3) is 0.333. The summed E-state index contributed by atoms with van der Waals surface area (Å²) >= 11 is 0. The van der Waals surface area contributed by atoms with Gasteiger partial charge < -0.3 is 15.0 Å². The number of carbonyl (C=O) groups is 2. The van der Waals surface area contributed by atoms with E-state index in [1.54, 1.807) is 29.0 Å². The van der Waals surface area contributed by atoms with E-state index in [1.165, 1.54) is 0 Å². The van der Waals surface area contributed by atoms with Crippen LogP contribution < -0.4 is 5.32 Å². The minimum atomic E-state index is -0.961. The lowest BCUT2D eigenvalue weighted by molar-refractivity contribution is -0.121. The first-order valence-electron chi connectivity index (χ1n) is 6.57. The molecule has 2 aromatic rings. The number of carboxylic acids is 1. The number of rotatable bonds is 5. The highest BCUT2D eigenvalue weighted by atomic mass is 16.4. The second-order valence-electron chi connectivity index (χ2n) is 5.19. The van der Waals surface area contributed by atoms with E-state index in [0.29, 0.717) is 17.8 Å². The quantitative estimate of drug-likeness (QED) is 0.877. The fourth-order valence-corrected chi connectivity index (χ4v) is 2.08. The Morgan fingerprint density at radius 1 is 1.30 bits per heavy atom. The molecule has 0 bridgehead atoms. The number of aromatic carboxylic acids is 1. The van der Waals surface area contributed by atoms with Crippen LogP contribution in [0.3, 0.4) is 0 Å². The van der Waals surface area contributed by atoms with E-state index in [9.17, 15) is 9.59 Å². The molecule has 0 atom stereocenters. The molecular weight excluding hydrogens is 256 g/mol. The van der Waals surface area contributed by atoms with E-state index in [-0.39, 0.29) is 18.0 Å². The molecule has 1 aromatic carbocycles. The third kappa shape index (κ3) is 2.99. The zero-order valence-electron chi connectivity index (χ0n) is 11.6. The smallest absolute Gasteiger partial charge is 0.336 e. The lowest BCUT2D eigenvalue weighted by Crippen LogP contribution is -2.30. The molecule has 1 aromatic heterocycles. The predicted molar refractivity (Wildman–Crippen MR) is 76.7 cm³/mol. The van der Waals surface area contributed by atoms with Gasteiger partial charge in [-0.25, -0.2) is 4.79 Å². The molecule has 2 rings (SSSR count). The Balaban J connectivity index is 2.22. The van der Waals surface area contributed by atoms with Crippen LogP contribution in [0.25, 0.3) is 10.9 Å². The second-order valence-corrected chi connectivity index (χ2v) is 5.19. The van der Waals surface area contributed by atoms with Crippen molar-refractivity contribution in [2.24, 2.45) is 5.92 Å². The Hall–Kier alpha value is -2.30. The van der Waals surface area contributed by atoms with Crippen LogP contribution in [-0.4, -0.2) is 28.1 Å². The van der Waals surface area contributed by atoms with E-state index >= 15 is 0 Å². The average molecular weight is 274 g/mol. The standard InChI is InChI=1S/C15H18N2O3/c1-10(2)8-16-14(18)9-17-7-6-11-12(15(19)20)4-3-5-13(11)17/h3-7,10H,8-9H2,1-2H3,(H,16,18)(H,19,20). The average Bonchev–Trinajstić information content (AvgIpc) is 2.79. The van der Waals surface area contributed by atoms with Gasteiger partial charge in [-0.2, -0.15) is 0 Å². The number of nitrogens with one attached hydrogen (secondary N) is 1. The molecule has 5 nitrogen and oxygen atoms in total. The van der Waals surface area contributed by atoms with Crippen molar-refractivity contribution in [1.29, 1.82) is 0 Å². The van der Waals surface area contributed by atoms with Gasteiger partial charge in [-0.3, -0.25) is 4.79 Å². The molecule has 0 saturated heterocycles. The molecular formula is C15H18N2O3. The first-order chi connectivity index (χ1) is 9.49. The molecule has 0 saturated carbocycles. The van der Waals surface area contributed by atoms with Gasteiger partial charge in [0.05, 0.1) is 5.56 Å². The highest BCUT2D eigenvalue weighted by Gasteiger charge is 2.12. The minimum Gasteiger partial charge on any atom is -0.478 e. The normalized spacial score (nSPS) is 10.9. The van der Waals surface area contributed by atoms with E-state index < -0.39 is 5.97 Å². The van der Waals surface area contributed by atoms with Crippen molar-refractivity contribution < 1.29 is 14.7 Å². The first kappa shape index (κ1) is 14.1. The van der Waals surface area contributed by atoms with Crippen molar-refractivity contribution in [3.8, 4) is 0 Å². The Morgan fingerprint density at radius 3 is 2.70 bits per heavy atom. The number of nitrogens with zero attached hydrogens (tertiary/aromatic N) is 1. The van der Waals surface area contributed by atoms with Gasteiger partial charge in [0, 0.05) is 23.6 Å². The van der Waals surface area contributed by atoms with Gasteiger partial charge in [0.1, 0.15) is 6.54 Å². The molecule has 0 aliphatic rings. The summed E-state index contributed by atoms with van der Waals surface area (Å²) < 4.78 is 1.76. The number of hydrogen-bond acceptors (Lipinski definition) is 2. The van der Waals surface area contributed by atoms with Crippen LogP contribution in [0, 0.1) is 5.92 Å². The third-order valence-corrected chi connectivity index (χ3v) is 3.07. The molecule has 106 valence electrons. The van der Waals surface area contributed by atoms with Crippen LogP contribution in [0.1, 0.15) is 24.2 Å². The number of benzene rings is 1. The maximum absolute atomic E-state index is 11.8. The molecule has 0 spiro atoms. The number of carbonyl (C=O) groups excluding carboxylic acids is 1. The summed E-state index contributed by atoms with van der Waals surface area (Å²) in [5.74, 6) is -0.631. The van der Waals surface area contributed by atoms with Crippen LogP contribution in [-0.2, 0) is 11.3 Å². The highest BCUT2D eigenvalue weighted by molar-refractivity contribution is 6.03. The Labute approximate surface area is 117 Å². The molecule has 20 heavy (non-hydrogen) atoms. The van der Waals surface area contributed by atoms with Gasteiger partial charge in [0.25, 0.3) is 0 Å². The monoisotopic (exact) mass is 274 g/mol. The Morgan fingerprint density at radius 2 is 2.05 bits per heavy atom. The van der Waals surface area contributed by atoms with Gasteiger partial charge in [0.15, 0.2) is 0 Å².